The predicted molar refractivity (Wildman–Crippen MR) is 145 cm³/mol. The molecule has 1 fully saturated rings. The number of hydrogen-bond donors (Lipinski definition) is 2. The second kappa shape index (κ2) is 11.6. The van der Waals surface area contributed by atoms with E-state index in [4.69, 9.17) is 0 Å². The Labute approximate surface area is 231 Å². The lowest BCUT2D eigenvalue weighted by Gasteiger charge is -2.20. The zero-order valence-corrected chi connectivity index (χ0v) is 23.2. The molecule has 0 aliphatic carbocycles. The van der Waals surface area contributed by atoms with Crippen molar-refractivity contribution in [2.75, 3.05) is 23.1 Å². The molecule has 1 aliphatic heterocycles. The third kappa shape index (κ3) is 6.83. The number of halogens is 3. The molecule has 3 aromatic carbocycles. The molecule has 214 valence electrons. The summed E-state index contributed by atoms with van der Waals surface area (Å²) in [6.07, 6.45) is -1.14. The maximum absolute atomic E-state index is 13.2. The summed E-state index contributed by atoms with van der Waals surface area (Å²) in [7, 11) is -7.99. The molecule has 40 heavy (non-hydrogen) atoms. The molecule has 8 nitrogen and oxygen atoms in total. The van der Waals surface area contributed by atoms with E-state index < -0.39 is 37.7 Å². The first-order chi connectivity index (χ1) is 18.8. The molecule has 2 N–H and O–H groups in total. The van der Waals surface area contributed by atoms with Crippen molar-refractivity contribution in [3.05, 3.63) is 83.4 Å². The summed E-state index contributed by atoms with van der Waals surface area (Å²) in [5, 5.41) is 2.63. The molecule has 1 saturated heterocycles. The summed E-state index contributed by atoms with van der Waals surface area (Å²) >= 11 is 0. The van der Waals surface area contributed by atoms with Crippen molar-refractivity contribution >= 4 is 37.3 Å². The van der Waals surface area contributed by atoms with Crippen molar-refractivity contribution in [2.24, 2.45) is 0 Å². The molecular weight excluding hydrogens is 567 g/mol. The topological polar surface area (TPSA) is 113 Å². The molecule has 0 atom stereocenters. The SMILES string of the molecule is Cc1ccc(S(=O)(=O)N2CCCCCC2)cc1C(=O)Nc1ccc(S(=O)(=O)Nc2cccc(C(F)(F)F)c2)cc1. The van der Waals surface area contributed by atoms with Crippen LogP contribution in [0.3, 0.4) is 0 Å². The van der Waals surface area contributed by atoms with Crippen LogP contribution in [0.1, 0.15) is 47.2 Å². The minimum Gasteiger partial charge on any atom is -0.322 e. The fourth-order valence-electron chi connectivity index (χ4n) is 4.33. The Morgan fingerprint density at radius 3 is 2.05 bits per heavy atom. The van der Waals surface area contributed by atoms with Gasteiger partial charge in [0.2, 0.25) is 10.0 Å². The van der Waals surface area contributed by atoms with Crippen LogP contribution in [0.15, 0.2) is 76.5 Å². The van der Waals surface area contributed by atoms with E-state index in [2.05, 4.69) is 10.0 Å². The van der Waals surface area contributed by atoms with Gasteiger partial charge in [-0.2, -0.15) is 17.5 Å². The van der Waals surface area contributed by atoms with Crippen LogP contribution in [0.4, 0.5) is 24.5 Å². The number of sulfonamides is 2. The third-order valence-electron chi connectivity index (χ3n) is 6.52. The third-order valence-corrected chi connectivity index (χ3v) is 9.81. The van der Waals surface area contributed by atoms with Gasteiger partial charge in [0.15, 0.2) is 0 Å². The molecule has 0 bridgehead atoms. The summed E-state index contributed by atoms with van der Waals surface area (Å²) in [5.74, 6) is -0.580. The van der Waals surface area contributed by atoms with Crippen LogP contribution in [-0.2, 0) is 26.2 Å². The van der Waals surface area contributed by atoms with Crippen LogP contribution >= 0.6 is 0 Å². The van der Waals surface area contributed by atoms with Gasteiger partial charge < -0.3 is 5.32 Å². The first-order valence-electron chi connectivity index (χ1n) is 12.5. The number of alkyl halides is 3. The Hall–Kier alpha value is -3.42. The number of aryl methyl sites for hydroxylation is 1. The molecule has 13 heteroatoms. The molecule has 0 spiro atoms. The number of amides is 1. The van der Waals surface area contributed by atoms with Gasteiger partial charge in [-0.25, -0.2) is 16.8 Å². The molecule has 0 radical (unpaired) electrons. The number of nitrogens with zero attached hydrogens (tertiary/aromatic N) is 1. The number of hydrogen-bond acceptors (Lipinski definition) is 5. The van der Waals surface area contributed by atoms with E-state index in [9.17, 15) is 34.8 Å². The summed E-state index contributed by atoms with van der Waals surface area (Å²) < 4.78 is 94.2. The first-order valence-corrected chi connectivity index (χ1v) is 15.4. The minimum atomic E-state index is -4.63. The number of carbonyl (C=O) groups is 1. The van der Waals surface area contributed by atoms with Gasteiger partial charge in [-0.3, -0.25) is 9.52 Å². The maximum Gasteiger partial charge on any atom is 0.416 e. The molecular formula is C27H28F3N3O5S2. The smallest absolute Gasteiger partial charge is 0.322 e. The molecule has 1 amide bonds. The Morgan fingerprint density at radius 1 is 0.800 bits per heavy atom. The number of rotatable bonds is 7. The van der Waals surface area contributed by atoms with E-state index in [1.807, 2.05) is 0 Å². The van der Waals surface area contributed by atoms with Crippen molar-refractivity contribution in [1.29, 1.82) is 0 Å². The molecule has 0 saturated carbocycles. The van der Waals surface area contributed by atoms with Gasteiger partial charge >= 0.3 is 6.18 Å². The Kier molecular flexibility index (Phi) is 8.57. The quantitative estimate of drug-likeness (QED) is 0.368. The van der Waals surface area contributed by atoms with Crippen LogP contribution in [0, 0.1) is 6.92 Å². The molecule has 1 heterocycles. The average molecular weight is 596 g/mol. The fourth-order valence-corrected chi connectivity index (χ4v) is 6.92. The second-order valence-electron chi connectivity index (χ2n) is 9.46. The normalized spacial score (nSPS) is 15.3. The highest BCUT2D eigenvalue weighted by Gasteiger charge is 2.31. The van der Waals surface area contributed by atoms with E-state index in [1.165, 1.54) is 46.8 Å². The van der Waals surface area contributed by atoms with Gasteiger partial charge in [-0.05, 0) is 79.9 Å². The Balaban J connectivity index is 1.49. The van der Waals surface area contributed by atoms with Crippen LogP contribution in [-0.4, -0.2) is 40.1 Å². The van der Waals surface area contributed by atoms with E-state index in [0.29, 0.717) is 24.7 Å². The van der Waals surface area contributed by atoms with Gasteiger partial charge in [0.05, 0.1) is 15.4 Å². The highest BCUT2D eigenvalue weighted by atomic mass is 32.2. The fraction of sp³-hybridized carbons (Fsp3) is 0.296. The molecule has 3 aromatic rings. The summed E-state index contributed by atoms with van der Waals surface area (Å²) in [6, 6.07) is 13.2. The van der Waals surface area contributed by atoms with E-state index in [-0.39, 0.29) is 26.7 Å². The van der Waals surface area contributed by atoms with E-state index >= 15 is 0 Å². The summed E-state index contributed by atoms with van der Waals surface area (Å²) in [4.78, 5) is 12.8. The largest absolute Gasteiger partial charge is 0.416 e. The van der Waals surface area contributed by atoms with Crippen molar-refractivity contribution in [3.63, 3.8) is 0 Å². The van der Waals surface area contributed by atoms with Crippen LogP contribution < -0.4 is 10.0 Å². The van der Waals surface area contributed by atoms with Crippen molar-refractivity contribution in [2.45, 2.75) is 48.6 Å². The van der Waals surface area contributed by atoms with Crippen molar-refractivity contribution in [3.8, 4) is 0 Å². The van der Waals surface area contributed by atoms with E-state index in [1.54, 1.807) is 13.0 Å². The van der Waals surface area contributed by atoms with Gasteiger partial charge in [0.1, 0.15) is 0 Å². The lowest BCUT2D eigenvalue weighted by atomic mass is 10.1. The highest BCUT2D eigenvalue weighted by molar-refractivity contribution is 7.92. The summed E-state index contributed by atoms with van der Waals surface area (Å²) in [6.45, 7) is 2.53. The lowest BCUT2D eigenvalue weighted by molar-refractivity contribution is -0.137. The van der Waals surface area contributed by atoms with Crippen LogP contribution in [0.5, 0.6) is 0 Å². The van der Waals surface area contributed by atoms with Gasteiger partial charge in [-0.1, -0.05) is 25.0 Å². The monoisotopic (exact) mass is 595 g/mol. The molecule has 0 unspecified atom stereocenters. The average Bonchev–Trinajstić information content (AvgIpc) is 3.19. The van der Waals surface area contributed by atoms with Crippen molar-refractivity contribution < 1.29 is 34.8 Å². The van der Waals surface area contributed by atoms with Crippen LogP contribution in [0.2, 0.25) is 0 Å². The Morgan fingerprint density at radius 2 is 1.43 bits per heavy atom. The molecule has 4 rings (SSSR count). The zero-order chi connectivity index (χ0) is 29.1. The zero-order valence-electron chi connectivity index (χ0n) is 21.5. The number of carbonyl (C=O) groups excluding carboxylic acids is 1. The van der Waals surface area contributed by atoms with Gasteiger partial charge in [-0.15, -0.1) is 0 Å². The standard InChI is InChI=1S/C27H28F3N3O5S2/c1-19-9-12-24(40(37,38)33-15-4-2-3-5-16-33)18-25(19)26(34)31-21-10-13-23(14-11-21)39(35,36)32-22-8-6-7-20(17-22)27(28,29)30/h6-14,17-18,32H,2-5,15-16H2,1H3,(H,31,34). The minimum absolute atomic E-state index is 0.0206. The number of benzene rings is 3. The second-order valence-corrected chi connectivity index (χ2v) is 13.1. The number of anilines is 2. The predicted octanol–water partition coefficient (Wildman–Crippen LogP) is 5.63. The highest BCUT2D eigenvalue weighted by Crippen LogP contribution is 2.31. The molecule has 1 aliphatic rings. The first kappa shape index (κ1) is 29.6. The van der Waals surface area contributed by atoms with Crippen LogP contribution in [0.25, 0.3) is 0 Å². The van der Waals surface area contributed by atoms with E-state index in [0.717, 1.165) is 37.8 Å². The summed E-state index contributed by atoms with van der Waals surface area (Å²) in [5.41, 5.74) is -0.305. The van der Waals surface area contributed by atoms with Gasteiger partial charge in [0.25, 0.3) is 15.9 Å². The van der Waals surface area contributed by atoms with Crippen molar-refractivity contribution in [1.82, 2.24) is 4.31 Å². The lowest BCUT2D eigenvalue weighted by Crippen LogP contribution is -2.32. The number of nitrogens with one attached hydrogen (secondary N) is 2. The molecule has 0 aromatic heterocycles. The maximum atomic E-state index is 13.2. The Bertz CT molecular complexity index is 1600. The van der Waals surface area contributed by atoms with Gasteiger partial charge in [0, 0.05) is 30.0 Å².